The lowest BCUT2D eigenvalue weighted by molar-refractivity contribution is -0.0137. The van der Waals surface area contributed by atoms with E-state index in [1.54, 1.807) is 0 Å². The maximum absolute atomic E-state index is 7.16. The molecule has 3 aliphatic rings. The summed E-state index contributed by atoms with van der Waals surface area (Å²) in [7, 11) is 0. The van der Waals surface area contributed by atoms with E-state index in [-0.39, 0.29) is 16.7 Å². The number of anilines is 2. The molecular formula is C33H37BrN2O. The molecule has 3 aliphatic heterocycles. The number of para-hydroxylation sites is 2. The van der Waals surface area contributed by atoms with Crippen molar-refractivity contribution in [2.75, 3.05) is 22.9 Å². The van der Waals surface area contributed by atoms with Crippen LogP contribution >= 0.6 is 15.9 Å². The molecule has 0 bridgehead atoms. The molecule has 0 radical (unpaired) electrons. The van der Waals surface area contributed by atoms with Crippen LogP contribution in [-0.2, 0) is 10.8 Å². The Hall–Kier alpha value is -2.72. The zero-order valence-corrected chi connectivity index (χ0v) is 24.4. The van der Waals surface area contributed by atoms with E-state index in [1.165, 1.54) is 33.8 Å². The molecule has 0 unspecified atom stereocenters. The molecule has 0 N–H and O–H groups in total. The second-order valence-corrected chi connectivity index (χ2v) is 12.6. The Balaban J connectivity index is 1.55. The third-order valence-corrected chi connectivity index (χ3v) is 9.71. The van der Waals surface area contributed by atoms with Gasteiger partial charge in [-0.2, -0.15) is 0 Å². The standard InChI is InChI=1S/C33H37BrN2O/c1-7-35-27-15-11-9-13-25(27)31(3,4)30(35)19-22-21-33(37-29-18-17-23(34)20-24(22)29)32(5,6)26-14-10-12-16-28(26)36(33)8-2/h9-20,22H,7-8,21H2,1-6H3/b30-19+/t22-,33+/m0/s1. The molecule has 3 aromatic carbocycles. The molecule has 0 aliphatic carbocycles. The van der Waals surface area contributed by atoms with Gasteiger partial charge < -0.3 is 14.5 Å². The maximum Gasteiger partial charge on any atom is 0.193 e. The first-order valence-electron chi connectivity index (χ1n) is 13.6. The summed E-state index contributed by atoms with van der Waals surface area (Å²) in [6.07, 6.45) is 3.45. The van der Waals surface area contributed by atoms with Crippen molar-refractivity contribution in [3.8, 4) is 5.75 Å². The van der Waals surface area contributed by atoms with Crippen LogP contribution in [0.25, 0.3) is 0 Å². The van der Waals surface area contributed by atoms with E-state index in [0.717, 1.165) is 29.7 Å². The van der Waals surface area contributed by atoms with E-state index in [1.807, 2.05) is 0 Å². The fourth-order valence-corrected chi connectivity index (χ4v) is 7.69. The van der Waals surface area contributed by atoms with Gasteiger partial charge in [-0.15, -0.1) is 0 Å². The zero-order chi connectivity index (χ0) is 26.2. The molecule has 3 nitrogen and oxygen atoms in total. The van der Waals surface area contributed by atoms with Crippen molar-refractivity contribution in [3.05, 3.63) is 99.7 Å². The maximum atomic E-state index is 7.16. The second kappa shape index (κ2) is 8.39. The van der Waals surface area contributed by atoms with Gasteiger partial charge in [0.15, 0.2) is 5.72 Å². The van der Waals surface area contributed by atoms with E-state index in [2.05, 4.69) is 140 Å². The Morgan fingerprint density at radius 2 is 1.57 bits per heavy atom. The van der Waals surface area contributed by atoms with Gasteiger partial charge in [0.1, 0.15) is 5.75 Å². The van der Waals surface area contributed by atoms with Gasteiger partial charge in [0.25, 0.3) is 0 Å². The molecule has 192 valence electrons. The van der Waals surface area contributed by atoms with Gasteiger partial charge in [-0.05, 0) is 69.2 Å². The molecule has 2 atom stereocenters. The minimum atomic E-state index is -0.472. The van der Waals surface area contributed by atoms with Crippen molar-refractivity contribution in [1.29, 1.82) is 0 Å². The van der Waals surface area contributed by atoms with E-state index >= 15 is 0 Å². The largest absolute Gasteiger partial charge is 0.467 e. The third kappa shape index (κ3) is 3.30. The first-order valence-corrected chi connectivity index (χ1v) is 14.4. The topological polar surface area (TPSA) is 15.7 Å². The van der Waals surface area contributed by atoms with Crippen molar-refractivity contribution in [3.63, 3.8) is 0 Å². The van der Waals surface area contributed by atoms with Gasteiger partial charge in [-0.3, -0.25) is 0 Å². The summed E-state index contributed by atoms with van der Waals surface area (Å²) in [5.41, 5.74) is 7.34. The highest BCUT2D eigenvalue weighted by atomic mass is 79.9. The Kier molecular flexibility index (Phi) is 5.58. The molecule has 3 aromatic rings. The van der Waals surface area contributed by atoms with Gasteiger partial charge in [0.05, 0.1) is 5.41 Å². The Morgan fingerprint density at radius 1 is 0.892 bits per heavy atom. The molecule has 0 aromatic heterocycles. The van der Waals surface area contributed by atoms with E-state index in [0.29, 0.717) is 0 Å². The van der Waals surface area contributed by atoms with Crippen molar-refractivity contribution >= 4 is 27.3 Å². The fraction of sp³-hybridized carbons (Fsp3) is 0.394. The predicted octanol–water partition coefficient (Wildman–Crippen LogP) is 8.53. The van der Waals surface area contributed by atoms with Gasteiger partial charge in [0, 0.05) is 58.0 Å². The zero-order valence-electron chi connectivity index (χ0n) is 22.8. The van der Waals surface area contributed by atoms with Crippen LogP contribution in [-0.4, -0.2) is 18.8 Å². The minimum Gasteiger partial charge on any atom is -0.467 e. The first kappa shape index (κ1) is 24.6. The van der Waals surface area contributed by atoms with Gasteiger partial charge in [0.2, 0.25) is 0 Å². The van der Waals surface area contributed by atoms with E-state index in [9.17, 15) is 0 Å². The number of rotatable bonds is 3. The summed E-state index contributed by atoms with van der Waals surface area (Å²) in [5.74, 6) is 1.20. The van der Waals surface area contributed by atoms with Gasteiger partial charge >= 0.3 is 0 Å². The normalized spacial score (nSPS) is 25.7. The minimum absolute atomic E-state index is 0.0666. The Morgan fingerprint density at radius 3 is 2.27 bits per heavy atom. The summed E-state index contributed by atoms with van der Waals surface area (Å²) in [4.78, 5) is 5.03. The van der Waals surface area contributed by atoms with Crippen molar-refractivity contribution in [2.45, 2.75) is 70.4 Å². The summed E-state index contributed by atoms with van der Waals surface area (Å²) in [5, 5.41) is 0. The number of nitrogens with zero attached hydrogens (tertiary/aromatic N) is 2. The molecule has 37 heavy (non-hydrogen) atoms. The summed E-state index contributed by atoms with van der Waals surface area (Å²) < 4.78 is 8.25. The summed E-state index contributed by atoms with van der Waals surface area (Å²) in [6, 6.07) is 24.3. The number of allylic oxidation sites excluding steroid dienone is 2. The molecule has 0 saturated carbocycles. The molecule has 0 fully saturated rings. The van der Waals surface area contributed by atoms with Crippen LogP contribution in [0.2, 0.25) is 0 Å². The number of halogens is 1. The van der Waals surface area contributed by atoms with Gasteiger partial charge in [-0.1, -0.05) is 72.3 Å². The highest BCUT2D eigenvalue weighted by molar-refractivity contribution is 9.10. The van der Waals surface area contributed by atoms with Crippen molar-refractivity contribution in [2.24, 2.45) is 0 Å². The van der Waals surface area contributed by atoms with Crippen molar-refractivity contribution in [1.82, 2.24) is 0 Å². The third-order valence-electron chi connectivity index (χ3n) is 9.22. The first-order chi connectivity index (χ1) is 17.7. The molecular weight excluding hydrogens is 520 g/mol. The molecule has 4 heteroatoms. The monoisotopic (exact) mass is 556 g/mol. The van der Waals surface area contributed by atoms with Crippen LogP contribution in [0.4, 0.5) is 11.4 Å². The quantitative estimate of drug-likeness (QED) is 0.321. The summed E-state index contributed by atoms with van der Waals surface area (Å²) in [6.45, 7) is 15.8. The Bertz CT molecular complexity index is 1410. The van der Waals surface area contributed by atoms with Gasteiger partial charge in [-0.25, -0.2) is 0 Å². The van der Waals surface area contributed by atoms with Crippen LogP contribution in [0, 0.1) is 0 Å². The summed E-state index contributed by atoms with van der Waals surface area (Å²) >= 11 is 3.75. The number of likely N-dealkylation sites (N-methyl/N-ethyl adjacent to an activating group) is 2. The molecule has 3 heterocycles. The number of hydrogen-bond donors (Lipinski definition) is 0. The number of benzene rings is 3. The lowest BCUT2D eigenvalue weighted by Crippen LogP contribution is -2.62. The lowest BCUT2D eigenvalue weighted by atomic mass is 9.70. The van der Waals surface area contributed by atoms with E-state index < -0.39 is 5.72 Å². The van der Waals surface area contributed by atoms with Crippen LogP contribution in [0.3, 0.4) is 0 Å². The SMILES string of the molecule is CCN1/C(=C/[C@H]2C[C@]3(Oc4ccc(Br)cc42)N(CC)c2ccccc2C3(C)C)C(C)(C)c2ccccc21. The van der Waals surface area contributed by atoms with Crippen molar-refractivity contribution < 1.29 is 4.74 Å². The predicted molar refractivity (Wildman–Crippen MR) is 158 cm³/mol. The highest BCUT2D eigenvalue weighted by Crippen LogP contribution is 2.59. The van der Waals surface area contributed by atoms with Crippen LogP contribution in [0.15, 0.2) is 83.0 Å². The van der Waals surface area contributed by atoms with Crippen LogP contribution in [0.5, 0.6) is 5.75 Å². The van der Waals surface area contributed by atoms with Crippen LogP contribution in [0.1, 0.15) is 70.6 Å². The Labute approximate surface area is 230 Å². The molecule has 0 amide bonds. The fourth-order valence-electron chi connectivity index (χ4n) is 7.31. The average Bonchev–Trinajstić information content (AvgIpc) is 3.21. The van der Waals surface area contributed by atoms with E-state index in [4.69, 9.17) is 4.74 Å². The highest BCUT2D eigenvalue weighted by Gasteiger charge is 2.61. The molecule has 6 rings (SSSR count). The lowest BCUT2D eigenvalue weighted by Gasteiger charge is -2.51. The molecule has 0 saturated heterocycles. The van der Waals surface area contributed by atoms with Crippen LogP contribution < -0.4 is 14.5 Å². The average molecular weight is 558 g/mol. The number of ether oxygens (including phenoxy) is 1. The number of fused-ring (bicyclic) bond motifs is 3. The number of hydrogen-bond acceptors (Lipinski definition) is 3. The second-order valence-electron chi connectivity index (χ2n) is 11.7. The smallest absolute Gasteiger partial charge is 0.193 e. The molecule has 1 spiro atoms.